The molecule has 0 aromatic carbocycles. The lowest BCUT2D eigenvalue weighted by Gasteiger charge is -2.08. The summed E-state index contributed by atoms with van der Waals surface area (Å²) < 4.78 is 10.7. The highest BCUT2D eigenvalue weighted by molar-refractivity contribution is 4.43. The van der Waals surface area contributed by atoms with Crippen molar-refractivity contribution in [3.63, 3.8) is 0 Å². The largest absolute Gasteiger partial charge is 0.379 e. The van der Waals surface area contributed by atoms with Gasteiger partial charge in [0.1, 0.15) is 0 Å². The third-order valence-electron chi connectivity index (χ3n) is 1.98. The molecule has 15 heavy (non-hydrogen) atoms. The van der Waals surface area contributed by atoms with Gasteiger partial charge in [-0.2, -0.15) is 0 Å². The number of hydrogen-bond acceptors (Lipinski definition) is 3. The summed E-state index contributed by atoms with van der Waals surface area (Å²) >= 11 is 0. The number of unbranched alkanes of at least 4 members (excludes halogenated alkanes) is 2. The molecule has 0 rings (SSSR count). The lowest BCUT2D eigenvalue weighted by atomic mass is 10.2. The number of ether oxygens (including phenoxy) is 2. The molecule has 0 bridgehead atoms. The maximum absolute atomic E-state index is 5.39. The van der Waals surface area contributed by atoms with E-state index in [9.17, 15) is 0 Å². The number of hydrogen-bond donors (Lipinski definition) is 1. The van der Waals surface area contributed by atoms with Gasteiger partial charge in [0.25, 0.3) is 0 Å². The number of rotatable bonds is 11. The lowest BCUT2D eigenvalue weighted by molar-refractivity contribution is 0.0316. The molecule has 0 heterocycles. The minimum absolute atomic E-state index is 0.608. The van der Waals surface area contributed by atoms with E-state index in [0.717, 1.165) is 13.2 Å². The Morgan fingerprint density at radius 1 is 1.07 bits per heavy atom. The smallest absolute Gasteiger partial charge is 0.0966 e. The molecular formula is C12H27NO2. The normalized spacial score (nSPS) is 11.2. The third-order valence-corrected chi connectivity index (χ3v) is 1.98. The summed E-state index contributed by atoms with van der Waals surface area (Å²) in [5, 5.41) is 3.24. The Labute approximate surface area is 94.5 Å². The van der Waals surface area contributed by atoms with Gasteiger partial charge >= 0.3 is 0 Å². The van der Waals surface area contributed by atoms with Crippen LogP contribution < -0.4 is 5.32 Å². The van der Waals surface area contributed by atoms with Crippen molar-refractivity contribution in [2.45, 2.75) is 40.0 Å². The Bertz CT molecular complexity index is 118. The summed E-state index contributed by atoms with van der Waals surface area (Å²) in [5.41, 5.74) is 0. The highest BCUT2D eigenvalue weighted by Gasteiger charge is 1.93. The van der Waals surface area contributed by atoms with E-state index in [1.54, 1.807) is 0 Å². The maximum Gasteiger partial charge on any atom is 0.0966 e. The molecular weight excluding hydrogens is 190 g/mol. The zero-order valence-corrected chi connectivity index (χ0v) is 10.6. The molecule has 0 aromatic rings. The molecule has 0 fully saturated rings. The van der Waals surface area contributed by atoms with E-state index in [4.69, 9.17) is 9.47 Å². The van der Waals surface area contributed by atoms with Gasteiger partial charge in [-0.25, -0.2) is 0 Å². The van der Waals surface area contributed by atoms with E-state index in [2.05, 4.69) is 26.1 Å². The van der Waals surface area contributed by atoms with Gasteiger partial charge in [-0.3, -0.25) is 5.32 Å². The fourth-order valence-electron chi connectivity index (χ4n) is 1.15. The molecule has 0 unspecified atom stereocenters. The van der Waals surface area contributed by atoms with Crippen LogP contribution in [0.3, 0.4) is 0 Å². The monoisotopic (exact) mass is 217 g/mol. The molecule has 0 aromatic heterocycles. The van der Waals surface area contributed by atoms with Gasteiger partial charge < -0.3 is 9.47 Å². The van der Waals surface area contributed by atoms with Gasteiger partial charge in [-0.1, -0.05) is 33.6 Å². The molecule has 0 saturated carbocycles. The second-order valence-electron chi connectivity index (χ2n) is 4.23. The van der Waals surface area contributed by atoms with Gasteiger partial charge in [-0.15, -0.1) is 0 Å². The van der Waals surface area contributed by atoms with E-state index in [1.807, 2.05) is 0 Å². The van der Waals surface area contributed by atoms with Crippen LogP contribution in [0.5, 0.6) is 0 Å². The van der Waals surface area contributed by atoms with Crippen LogP contribution in [0, 0.1) is 5.92 Å². The standard InChI is InChI=1S/C12H27NO2/c1-4-5-6-7-13-11-15-9-8-14-10-12(2)3/h12-13H,4-11H2,1-3H3. The highest BCUT2D eigenvalue weighted by Crippen LogP contribution is 1.92. The average Bonchev–Trinajstić information content (AvgIpc) is 2.20. The minimum Gasteiger partial charge on any atom is -0.379 e. The SMILES string of the molecule is CCCCCNCOCCOCC(C)C. The van der Waals surface area contributed by atoms with E-state index < -0.39 is 0 Å². The maximum atomic E-state index is 5.39. The first-order valence-corrected chi connectivity index (χ1v) is 6.13. The minimum atomic E-state index is 0.608. The predicted octanol–water partition coefficient (Wildman–Crippen LogP) is 2.41. The van der Waals surface area contributed by atoms with Crippen molar-refractivity contribution < 1.29 is 9.47 Å². The van der Waals surface area contributed by atoms with Crippen LogP contribution in [0.1, 0.15) is 40.0 Å². The summed E-state index contributed by atoms with van der Waals surface area (Å²) in [4.78, 5) is 0. The van der Waals surface area contributed by atoms with Crippen LogP contribution >= 0.6 is 0 Å². The van der Waals surface area contributed by atoms with E-state index in [1.165, 1.54) is 19.3 Å². The third kappa shape index (κ3) is 13.9. The van der Waals surface area contributed by atoms with E-state index in [0.29, 0.717) is 25.9 Å². The van der Waals surface area contributed by atoms with Gasteiger partial charge in [0, 0.05) is 6.61 Å². The van der Waals surface area contributed by atoms with Crippen molar-refractivity contribution >= 4 is 0 Å². The van der Waals surface area contributed by atoms with Crippen molar-refractivity contribution in [1.29, 1.82) is 0 Å². The van der Waals surface area contributed by atoms with Crippen molar-refractivity contribution in [3.05, 3.63) is 0 Å². The van der Waals surface area contributed by atoms with Crippen molar-refractivity contribution in [1.82, 2.24) is 5.32 Å². The first-order valence-electron chi connectivity index (χ1n) is 6.13. The van der Waals surface area contributed by atoms with Crippen LogP contribution in [0.4, 0.5) is 0 Å². The second-order valence-corrected chi connectivity index (χ2v) is 4.23. The van der Waals surface area contributed by atoms with Gasteiger partial charge in [0.2, 0.25) is 0 Å². The molecule has 0 aliphatic heterocycles. The van der Waals surface area contributed by atoms with Gasteiger partial charge in [0.15, 0.2) is 0 Å². The molecule has 3 nitrogen and oxygen atoms in total. The van der Waals surface area contributed by atoms with E-state index in [-0.39, 0.29) is 0 Å². The summed E-state index contributed by atoms with van der Waals surface area (Å²) in [5.74, 6) is 0.608. The Hall–Kier alpha value is -0.120. The molecule has 0 amide bonds. The lowest BCUT2D eigenvalue weighted by Crippen LogP contribution is -2.21. The molecule has 3 heteroatoms. The van der Waals surface area contributed by atoms with Crippen LogP contribution in [-0.2, 0) is 9.47 Å². The molecule has 0 spiro atoms. The summed E-state index contributed by atoms with van der Waals surface area (Å²) in [6, 6.07) is 0. The summed E-state index contributed by atoms with van der Waals surface area (Å²) in [6.45, 7) is 10.4. The van der Waals surface area contributed by atoms with Crippen LogP contribution in [0.15, 0.2) is 0 Å². The molecule has 1 N–H and O–H groups in total. The zero-order chi connectivity index (χ0) is 11.4. The van der Waals surface area contributed by atoms with Crippen molar-refractivity contribution in [2.75, 3.05) is 33.1 Å². The Morgan fingerprint density at radius 2 is 1.80 bits per heavy atom. The fourth-order valence-corrected chi connectivity index (χ4v) is 1.15. The van der Waals surface area contributed by atoms with Gasteiger partial charge in [0.05, 0.1) is 19.9 Å². The summed E-state index contributed by atoms with van der Waals surface area (Å²) in [7, 11) is 0. The molecule has 0 aliphatic carbocycles. The van der Waals surface area contributed by atoms with Crippen molar-refractivity contribution in [2.24, 2.45) is 5.92 Å². The molecule has 92 valence electrons. The van der Waals surface area contributed by atoms with E-state index >= 15 is 0 Å². The molecule has 0 radical (unpaired) electrons. The second kappa shape index (κ2) is 12.0. The topological polar surface area (TPSA) is 30.5 Å². The van der Waals surface area contributed by atoms with Crippen LogP contribution in [0.2, 0.25) is 0 Å². The predicted molar refractivity (Wildman–Crippen MR) is 64.0 cm³/mol. The van der Waals surface area contributed by atoms with Crippen molar-refractivity contribution in [3.8, 4) is 0 Å². The zero-order valence-electron chi connectivity index (χ0n) is 10.6. The Balaban J connectivity index is 2.87. The fraction of sp³-hybridized carbons (Fsp3) is 1.00. The molecule has 0 aliphatic rings. The molecule has 0 saturated heterocycles. The van der Waals surface area contributed by atoms with Crippen LogP contribution in [-0.4, -0.2) is 33.1 Å². The van der Waals surface area contributed by atoms with Crippen LogP contribution in [0.25, 0.3) is 0 Å². The summed E-state index contributed by atoms with van der Waals surface area (Å²) in [6.07, 6.45) is 3.81. The Morgan fingerprint density at radius 3 is 2.47 bits per heavy atom. The average molecular weight is 217 g/mol. The Kier molecular flexibility index (Phi) is 11.9. The quantitative estimate of drug-likeness (QED) is 0.426. The first kappa shape index (κ1) is 14.9. The van der Waals surface area contributed by atoms with Gasteiger partial charge in [-0.05, 0) is 18.9 Å². The number of nitrogens with one attached hydrogen (secondary N) is 1. The first-order chi connectivity index (χ1) is 7.27. The highest BCUT2D eigenvalue weighted by atomic mass is 16.5. The molecule has 0 atom stereocenters.